The zero-order valence-electron chi connectivity index (χ0n) is 24.7. The summed E-state index contributed by atoms with van der Waals surface area (Å²) < 4.78 is 0. The van der Waals surface area contributed by atoms with Gasteiger partial charge >= 0.3 is 0 Å². The number of carbonyl (C=O) groups excluding carboxylic acids is 2. The zero-order valence-corrected chi connectivity index (χ0v) is 25.5. The second-order valence-electron chi connectivity index (χ2n) is 12.9. The van der Waals surface area contributed by atoms with E-state index in [-0.39, 0.29) is 35.2 Å². The highest BCUT2D eigenvalue weighted by Gasteiger charge is 2.60. The number of amides is 2. The molecule has 1 aromatic rings. The Hall–Kier alpha value is -2.54. The molecule has 3 unspecified atom stereocenters. The van der Waals surface area contributed by atoms with E-state index in [0.717, 1.165) is 30.5 Å². The van der Waals surface area contributed by atoms with Crippen molar-refractivity contribution < 1.29 is 14.7 Å². The fourth-order valence-electron chi connectivity index (χ4n) is 6.88. The monoisotopic (exact) mass is 579 g/mol. The maximum absolute atomic E-state index is 13.4. The fraction of sp³-hybridized carbons (Fsp3) is 0.656. The molecule has 3 N–H and O–H groups in total. The van der Waals surface area contributed by atoms with E-state index in [1.165, 1.54) is 62.5 Å². The number of carbonyl (C=O) groups is 2. The van der Waals surface area contributed by atoms with Gasteiger partial charge in [0.25, 0.3) is 5.91 Å². The molecular formula is C32H45N5O3S. The van der Waals surface area contributed by atoms with Crippen LogP contribution in [0.2, 0.25) is 0 Å². The first kappa shape index (κ1) is 29.9. The Balaban J connectivity index is 1.17. The molecule has 2 saturated heterocycles. The lowest BCUT2D eigenvalue weighted by Crippen LogP contribution is -2.47. The Bertz CT molecular complexity index is 1210. The quantitative estimate of drug-likeness (QED) is 0.284. The van der Waals surface area contributed by atoms with Crippen molar-refractivity contribution >= 4 is 29.3 Å². The van der Waals surface area contributed by atoms with Gasteiger partial charge in [-0.05, 0) is 76.1 Å². The SMILES string of the molecule is CCN1C(=O)C2C(CNc3cccc(CCN4CC[C@H]5CCCC[C@@H]5C4)c3)C2S/C1=C(/C#N)C(=O)NC(C)(C)CO. The molecule has 0 radical (unpaired) electrons. The van der Waals surface area contributed by atoms with Crippen molar-refractivity contribution in [3.63, 3.8) is 0 Å². The van der Waals surface area contributed by atoms with E-state index in [1.807, 2.05) is 13.0 Å². The summed E-state index contributed by atoms with van der Waals surface area (Å²) in [6.45, 7) is 9.65. The molecule has 2 amide bonds. The summed E-state index contributed by atoms with van der Waals surface area (Å²) in [5.74, 6) is 1.31. The molecule has 9 heteroatoms. The number of nitrogens with zero attached hydrogens (tertiary/aromatic N) is 3. The maximum Gasteiger partial charge on any atom is 0.265 e. The van der Waals surface area contributed by atoms with Gasteiger partial charge in [-0.3, -0.25) is 9.59 Å². The Morgan fingerprint density at radius 1 is 1.22 bits per heavy atom. The number of aliphatic hydroxyl groups excluding tert-OH is 1. The molecule has 5 atom stereocenters. The van der Waals surface area contributed by atoms with Crippen LogP contribution < -0.4 is 10.6 Å². The molecule has 4 aliphatic rings. The van der Waals surface area contributed by atoms with Crippen LogP contribution in [0.1, 0.15) is 58.4 Å². The predicted octanol–water partition coefficient (Wildman–Crippen LogP) is 3.99. The van der Waals surface area contributed by atoms with E-state index >= 15 is 0 Å². The lowest BCUT2D eigenvalue weighted by Gasteiger charge is -2.41. The summed E-state index contributed by atoms with van der Waals surface area (Å²) in [5, 5.41) is 26.1. The molecular weight excluding hydrogens is 534 g/mol. The number of aliphatic hydroxyl groups is 1. The number of rotatable bonds is 10. The third-order valence-electron chi connectivity index (χ3n) is 9.42. The van der Waals surface area contributed by atoms with Crippen LogP contribution in [-0.2, 0) is 16.0 Å². The summed E-state index contributed by atoms with van der Waals surface area (Å²) in [6, 6.07) is 10.7. The third kappa shape index (κ3) is 6.76. The molecule has 41 heavy (non-hydrogen) atoms. The van der Waals surface area contributed by atoms with Gasteiger partial charge in [0.1, 0.15) is 16.7 Å². The topological polar surface area (TPSA) is 109 Å². The average molecular weight is 580 g/mol. The van der Waals surface area contributed by atoms with Crippen molar-refractivity contribution in [3.05, 3.63) is 40.4 Å². The lowest BCUT2D eigenvalue weighted by atomic mass is 9.75. The van der Waals surface area contributed by atoms with E-state index in [0.29, 0.717) is 18.1 Å². The number of likely N-dealkylation sites (tertiary alicyclic amines) is 1. The number of hydrogen-bond acceptors (Lipinski definition) is 7. The maximum atomic E-state index is 13.4. The second kappa shape index (κ2) is 12.8. The molecule has 1 aromatic carbocycles. The summed E-state index contributed by atoms with van der Waals surface area (Å²) >= 11 is 1.46. The first-order valence-electron chi connectivity index (χ1n) is 15.4. The van der Waals surface area contributed by atoms with E-state index in [4.69, 9.17) is 0 Å². The average Bonchev–Trinajstić information content (AvgIpc) is 3.68. The first-order valence-corrected chi connectivity index (χ1v) is 16.2. The molecule has 0 aromatic heterocycles. The van der Waals surface area contributed by atoms with Gasteiger partial charge < -0.3 is 25.5 Å². The minimum absolute atomic E-state index is 0.0181. The van der Waals surface area contributed by atoms with Crippen molar-refractivity contribution in [1.82, 2.24) is 15.1 Å². The predicted molar refractivity (Wildman–Crippen MR) is 163 cm³/mol. The number of benzene rings is 1. The number of hydrogen-bond donors (Lipinski definition) is 3. The number of piperidine rings is 1. The molecule has 8 nitrogen and oxygen atoms in total. The number of fused-ring (bicyclic) bond motifs is 2. The highest BCUT2D eigenvalue weighted by Crippen LogP contribution is 2.56. The van der Waals surface area contributed by atoms with E-state index in [2.05, 4.69) is 39.8 Å². The van der Waals surface area contributed by atoms with E-state index < -0.39 is 11.4 Å². The summed E-state index contributed by atoms with van der Waals surface area (Å²) in [7, 11) is 0. The fourth-order valence-corrected chi connectivity index (χ4v) is 8.55. The van der Waals surface area contributed by atoms with Crippen molar-refractivity contribution in [2.75, 3.05) is 44.6 Å². The Morgan fingerprint density at radius 3 is 2.73 bits per heavy atom. The first-order chi connectivity index (χ1) is 19.7. The lowest BCUT2D eigenvalue weighted by molar-refractivity contribution is -0.130. The molecule has 2 saturated carbocycles. The summed E-state index contributed by atoms with van der Waals surface area (Å²) in [6.07, 6.45) is 8.08. The normalized spacial score (nSPS) is 29.2. The largest absolute Gasteiger partial charge is 0.394 e. The number of thioether (sulfide) groups is 1. The van der Waals surface area contributed by atoms with Crippen LogP contribution in [0.5, 0.6) is 0 Å². The molecule has 0 spiro atoms. The Kier molecular flexibility index (Phi) is 9.32. The van der Waals surface area contributed by atoms with Crippen LogP contribution in [0.25, 0.3) is 0 Å². The highest BCUT2D eigenvalue weighted by molar-refractivity contribution is 8.04. The molecule has 4 fully saturated rings. The van der Waals surface area contributed by atoms with Crippen molar-refractivity contribution in [1.29, 1.82) is 5.26 Å². The van der Waals surface area contributed by atoms with Gasteiger partial charge in [-0.2, -0.15) is 5.26 Å². The summed E-state index contributed by atoms with van der Waals surface area (Å²) in [5.41, 5.74) is 1.47. The van der Waals surface area contributed by atoms with Crippen molar-refractivity contribution in [3.8, 4) is 6.07 Å². The standard InChI is InChI=1S/C32H45N5O3S/c1-4-37-30(40)27-26(28(27)41-31(37)25(17-33)29(39)35-32(2,3)20-38)18-34-24-11-7-8-21(16-24)12-14-36-15-13-22-9-5-6-10-23(22)19-36/h7-8,11,16,22-23,26-28,34,38H,4-6,9-10,12-15,18-20H2,1-3H3,(H,35,39)/b31-25-/t22-,23-,26?,27?,28?/m1/s1. The third-order valence-corrected chi connectivity index (χ3v) is 11.0. The van der Waals surface area contributed by atoms with Gasteiger partial charge in [-0.15, -0.1) is 11.8 Å². The van der Waals surface area contributed by atoms with Gasteiger partial charge in [0, 0.05) is 43.0 Å². The molecule has 2 aliphatic carbocycles. The molecule has 2 aliphatic heterocycles. The number of anilines is 1. The van der Waals surface area contributed by atoms with Gasteiger partial charge in [0.05, 0.1) is 18.1 Å². The van der Waals surface area contributed by atoms with Crippen molar-refractivity contribution in [2.24, 2.45) is 23.7 Å². The van der Waals surface area contributed by atoms with E-state index in [1.54, 1.807) is 18.7 Å². The van der Waals surface area contributed by atoms with Crippen LogP contribution in [-0.4, -0.2) is 76.8 Å². The van der Waals surface area contributed by atoms with Crippen LogP contribution in [0.15, 0.2) is 34.9 Å². The molecule has 222 valence electrons. The van der Waals surface area contributed by atoms with Crippen LogP contribution in [0.4, 0.5) is 5.69 Å². The highest BCUT2D eigenvalue weighted by atomic mass is 32.2. The van der Waals surface area contributed by atoms with Crippen LogP contribution >= 0.6 is 11.8 Å². The molecule has 5 rings (SSSR count). The zero-order chi connectivity index (χ0) is 29.1. The van der Waals surface area contributed by atoms with Crippen LogP contribution in [0, 0.1) is 35.0 Å². The molecule has 0 bridgehead atoms. The van der Waals surface area contributed by atoms with Crippen molar-refractivity contribution in [2.45, 2.75) is 70.1 Å². The van der Waals surface area contributed by atoms with Gasteiger partial charge in [0.15, 0.2) is 0 Å². The van der Waals surface area contributed by atoms with E-state index in [9.17, 15) is 20.0 Å². The molecule has 2 heterocycles. The summed E-state index contributed by atoms with van der Waals surface area (Å²) in [4.78, 5) is 30.5. The smallest absolute Gasteiger partial charge is 0.265 e. The Labute approximate surface area is 248 Å². The number of nitriles is 1. The van der Waals surface area contributed by atoms with Gasteiger partial charge in [0.2, 0.25) is 5.91 Å². The van der Waals surface area contributed by atoms with Crippen LogP contribution in [0.3, 0.4) is 0 Å². The van der Waals surface area contributed by atoms with Gasteiger partial charge in [-0.25, -0.2) is 0 Å². The minimum Gasteiger partial charge on any atom is -0.394 e. The second-order valence-corrected chi connectivity index (χ2v) is 14.0. The van der Waals surface area contributed by atoms with Gasteiger partial charge in [-0.1, -0.05) is 31.4 Å². The number of nitrogens with one attached hydrogen (secondary N) is 2. The Morgan fingerprint density at radius 2 is 2.00 bits per heavy atom. The minimum atomic E-state index is -0.866.